The number of nitrogens with zero attached hydrogens (tertiary/aromatic N) is 2. The fraction of sp³-hybridized carbons (Fsp3) is 0.125. The number of rotatable bonds is 8. The quantitative estimate of drug-likeness (QED) is 0.462. The SMILES string of the molecule is O=C(NCc1cccnc1)c1ccc(-c2ccccc2)nc1NCCc1ccco1. The van der Waals surface area contributed by atoms with Crippen LogP contribution in [0, 0.1) is 0 Å². The second-order valence-corrected chi connectivity index (χ2v) is 6.76. The minimum absolute atomic E-state index is 0.188. The maximum absolute atomic E-state index is 12.8. The van der Waals surface area contributed by atoms with Gasteiger partial charge in [0.15, 0.2) is 0 Å². The van der Waals surface area contributed by atoms with Crippen molar-refractivity contribution in [3.63, 3.8) is 0 Å². The van der Waals surface area contributed by atoms with Crippen LogP contribution >= 0.6 is 0 Å². The van der Waals surface area contributed by atoms with E-state index >= 15 is 0 Å². The molecule has 0 saturated heterocycles. The molecule has 3 heterocycles. The predicted molar refractivity (Wildman–Crippen MR) is 116 cm³/mol. The molecule has 6 nitrogen and oxygen atoms in total. The van der Waals surface area contributed by atoms with Crippen LogP contribution in [0.5, 0.6) is 0 Å². The molecule has 0 spiro atoms. The standard InChI is InChI=1S/C24H22N4O2/c29-24(27-17-18-6-4-13-25-16-18)21-10-11-22(19-7-2-1-3-8-19)28-23(21)26-14-12-20-9-5-15-30-20/h1-11,13,15-16H,12,14,17H2,(H,26,28)(H,27,29). The van der Waals surface area contributed by atoms with Crippen LogP contribution in [0.2, 0.25) is 0 Å². The molecule has 0 fully saturated rings. The lowest BCUT2D eigenvalue weighted by Gasteiger charge is -2.13. The third kappa shape index (κ3) is 4.91. The van der Waals surface area contributed by atoms with Crippen LogP contribution in [0.4, 0.5) is 5.82 Å². The number of furan rings is 1. The highest BCUT2D eigenvalue weighted by Gasteiger charge is 2.14. The Morgan fingerprint density at radius 2 is 1.87 bits per heavy atom. The maximum Gasteiger partial charge on any atom is 0.255 e. The van der Waals surface area contributed by atoms with Gasteiger partial charge in [-0.05, 0) is 35.9 Å². The molecule has 1 aromatic carbocycles. The van der Waals surface area contributed by atoms with E-state index in [2.05, 4.69) is 15.6 Å². The zero-order chi connectivity index (χ0) is 20.6. The highest BCUT2D eigenvalue weighted by atomic mass is 16.3. The Hall–Kier alpha value is -3.93. The van der Waals surface area contributed by atoms with E-state index in [-0.39, 0.29) is 5.91 Å². The van der Waals surface area contributed by atoms with Crippen molar-refractivity contribution in [1.29, 1.82) is 0 Å². The Labute approximate surface area is 175 Å². The summed E-state index contributed by atoms with van der Waals surface area (Å²) in [7, 11) is 0. The van der Waals surface area contributed by atoms with Crippen molar-refractivity contribution in [1.82, 2.24) is 15.3 Å². The average Bonchev–Trinajstić information content (AvgIpc) is 3.32. The van der Waals surface area contributed by atoms with Crippen LogP contribution in [0.1, 0.15) is 21.7 Å². The largest absolute Gasteiger partial charge is 0.469 e. The molecular weight excluding hydrogens is 376 g/mol. The van der Waals surface area contributed by atoms with Crippen molar-refractivity contribution in [3.05, 3.63) is 102 Å². The molecule has 150 valence electrons. The number of hydrogen-bond donors (Lipinski definition) is 2. The van der Waals surface area contributed by atoms with Gasteiger partial charge in [-0.1, -0.05) is 36.4 Å². The summed E-state index contributed by atoms with van der Waals surface area (Å²) in [6.07, 6.45) is 5.79. The van der Waals surface area contributed by atoms with Gasteiger partial charge in [0.05, 0.1) is 17.5 Å². The van der Waals surface area contributed by atoms with Gasteiger partial charge < -0.3 is 15.1 Å². The Kier molecular flexibility index (Phi) is 6.15. The molecule has 0 atom stereocenters. The second-order valence-electron chi connectivity index (χ2n) is 6.76. The van der Waals surface area contributed by atoms with Gasteiger partial charge in [0.1, 0.15) is 11.6 Å². The van der Waals surface area contributed by atoms with Gasteiger partial charge in [0, 0.05) is 37.5 Å². The molecule has 4 aromatic rings. The van der Waals surface area contributed by atoms with Crippen LogP contribution < -0.4 is 10.6 Å². The monoisotopic (exact) mass is 398 g/mol. The molecule has 4 rings (SSSR count). The van der Waals surface area contributed by atoms with Gasteiger partial charge in [-0.2, -0.15) is 0 Å². The Morgan fingerprint density at radius 3 is 2.63 bits per heavy atom. The van der Waals surface area contributed by atoms with Crippen molar-refractivity contribution in [3.8, 4) is 11.3 Å². The van der Waals surface area contributed by atoms with E-state index in [0.717, 1.165) is 22.6 Å². The lowest BCUT2D eigenvalue weighted by molar-refractivity contribution is 0.0951. The molecule has 0 radical (unpaired) electrons. The van der Waals surface area contributed by atoms with Gasteiger partial charge >= 0.3 is 0 Å². The summed E-state index contributed by atoms with van der Waals surface area (Å²) in [5.74, 6) is 1.24. The normalized spacial score (nSPS) is 10.5. The summed E-state index contributed by atoms with van der Waals surface area (Å²) < 4.78 is 5.38. The molecule has 0 saturated carbocycles. The summed E-state index contributed by atoms with van der Waals surface area (Å²) >= 11 is 0. The minimum Gasteiger partial charge on any atom is -0.469 e. The number of benzene rings is 1. The molecule has 2 N–H and O–H groups in total. The first-order valence-corrected chi connectivity index (χ1v) is 9.79. The number of hydrogen-bond acceptors (Lipinski definition) is 5. The summed E-state index contributed by atoms with van der Waals surface area (Å²) in [5, 5.41) is 6.24. The average molecular weight is 398 g/mol. The molecular formula is C24H22N4O2. The van der Waals surface area contributed by atoms with Crippen molar-refractivity contribution in [2.45, 2.75) is 13.0 Å². The van der Waals surface area contributed by atoms with E-state index in [9.17, 15) is 4.79 Å². The molecule has 30 heavy (non-hydrogen) atoms. The number of amides is 1. The predicted octanol–water partition coefficient (Wildman–Crippen LogP) is 4.32. The third-order valence-corrected chi connectivity index (χ3v) is 4.63. The van der Waals surface area contributed by atoms with Gasteiger partial charge in [-0.15, -0.1) is 0 Å². The summed E-state index contributed by atoms with van der Waals surface area (Å²) in [4.78, 5) is 21.6. The fourth-order valence-electron chi connectivity index (χ4n) is 3.09. The van der Waals surface area contributed by atoms with E-state index in [1.54, 1.807) is 18.7 Å². The summed E-state index contributed by atoms with van der Waals surface area (Å²) in [6.45, 7) is 1.00. The zero-order valence-electron chi connectivity index (χ0n) is 16.4. The number of pyridine rings is 2. The molecule has 6 heteroatoms. The van der Waals surface area contributed by atoms with E-state index < -0.39 is 0 Å². The van der Waals surface area contributed by atoms with Crippen molar-refractivity contribution >= 4 is 11.7 Å². The Bertz CT molecular complexity index is 1080. The van der Waals surface area contributed by atoms with Crippen LogP contribution in [-0.2, 0) is 13.0 Å². The van der Waals surface area contributed by atoms with Crippen LogP contribution in [0.25, 0.3) is 11.3 Å². The van der Waals surface area contributed by atoms with Crippen LogP contribution in [0.15, 0.2) is 89.8 Å². The number of carbonyl (C=O) groups is 1. The smallest absolute Gasteiger partial charge is 0.255 e. The number of carbonyl (C=O) groups excluding carboxylic acids is 1. The van der Waals surface area contributed by atoms with Crippen LogP contribution in [-0.4, -0.2) is 22.4 Å². The third-order valence-electron chi connectivity index (χ3n) is 4.63. The lowest BCUT2D eigenvalue weighted by atomic mass is 10.1. The number of anilines is 1. The molecule has 0 unspecified atom stereocenters. The Balaban J connectivity index is 1.53. The summed E-state index contributed by atoms with van der Waals surface area (Å²) in [5.41, 5.74) is 3.24. The number of aromatic nitrogens is 2. The van der Waals surface area contributed by atoms with E-state index in [1.165, 1.54) is 0 Å². The number of nitrogens with one attached hydrogen (secondary N) is 2. The lowest BCUT2D eigenvalue weighted by Crippen LogP contribution is -2.24. The summed E-state index contributed by atoms with van der Waals surface area (Å²) in [6, 6.07) is 21.1. The first-order valence-electron chi connectivity index (χ1n) is 9.79. The van der Waals surface area contributed by atoms with E-state index in [0.29, 0.717) is 30.9 Å². The van der Waals surface area contributed by atoms with Crippen molar-refractivity contribution in [2.24, 2.45) is 0 Å². The second kappa shape index (κ2) is 9.52. The maximum atomic E-state index is 12.8. The van der Waals surface area contributed by atoms with Gasteiger partial charge in [-0.3, -0.25) is 9.78 Å². The van der Waals surface area contributed by atoms with E-state index in [1.807, 2.05) is 66.7 Å². The topological polar surface area (TPSA) is 80.0 Å². The Morgan fingerprint density at radius 1 is 0.967 bits per heavy atom. The first-order chi connectivity index (χ1) is 14.8. The molecule has 0 aliphatic heterocycles. The van der Waals surface area contributed by atoms with Crippen LogP contribution in [0.3, 0.4) is 0 Å². The molecule has 0 bridgehead atoms. The van der Waals surface area contributed by atoms with Gasteiger partial charge in [0.25, 0.3) is 5.91 Å². The fourth-order valence-corrected chi connectivity index (χ4v) is 3.09. The van der Waals surface area contributed by atoms with Gasteiger partial charge in [-0.25, -0.2) is 4.98 Å². The van der Waals surface area contributed by atoms with Gasteiger partial charge in [0.2, 0.25) is 0 Å². The highest BCUT2D eigenvalue weighted by molar-refractivity contribution is 5.99. The molecule has 1 amide bonds. The first kappa shape index (κ1) is 19.4. The molecule has 0 aliphatic carbocycles. The highest BCUT2D eigenvalue weighted by Crippen LogP contribution is 2.22. The minimum atomic E-state index is -0.188. The molecule has 3 aromatic heterocycles. The van der Waals surface area contributed by atoms with Crippen molar-refractivity contribution < 1.29 is 9.21 Å². The molecule has 0 aliphatic rings. The van der Waals surface area contributed by atoms with Crippen molar-refractivity contribution in [2.75, 3.05) is 11.9 Å². The zero-order valence-corrected chi connectivity index (χ0v) is 16.4. The van der Waals surface area contributed by atoms with E-state index in [4.69, 9.17) is 9.40 Å².